The monoisotopic (exact) mass is 199 g/mol. The second-order valence-corrected chi connectivity index (χ2v) is 4.35. The quantitative estimate of drug-likeness (QED) is 0.681. The van der Waals surface area contributed by atoms with Gasteiger partial charge in [-0.1, -0.05) is 6.92 Å². The van der Waals surface area contributed by atoms with E-state index in [0.29, 0.717) is 24.9 Å². The fraction of sp³-hybridized carbons (Fsp3) is 0.900. The molecule has 1 fully saturated rings. The van der Waals surface area contributed by atoms with Gasteiger partial charge >= 0.3 is 0 Å². The van der Waals surface area contributed by atoms with Crippen molar-refractivity contribution in [1.29, 1.82) is 0 Å². The highest BCUT2D eigenvalue weighted by Gasteiger charge is 2.32. The summed E-state index contributed by atoms with van der Waals surface area (Å²) in [6.45, 7) is 4.38. The van der Waals surface area contributed by atoms with Gasteiger partial charge in [0.2, 0.25) is 5.91 Å². The number of hydrogen-bond acceptors (Lipinski definition) is 3. The zero-order valence-electron chi connectivity index (χ0n) is 9.36. The number of likely N-dealkylation sites (tertiary alicyclic amines) is 1. The molecule has 2 atom stereocenters. The Balaban J connectivity index is 2.50. The van der Waals surface area contributed by atoms with Gasteiger partial charge in [0.25, 0.3) is 0 Å². The summed E-state index contributed by atoms with van der Waals surface area (Å²) in [6.07, 6.45) is 0.479. The third-order valence-electron chi connectivity index (χ3n) is 2.95. The molecule has 1 aliphatic heterocycles. The van der Waals surface area contributed by atoms with E-state index < -0.39 is 0 Å². The summed E-state index contributed by atoms with van der Waals surface area (Å²) >= 11 is 0. The second-order valence-electron chi connectivity index (χ2n) is 4.35. The molecule has 1 heterocycles. The highest BCUT2D eigenvalue weighted by Crippen LogP contribution is 2.20. The lowest BCUT2D eigenvalue weighted by Crippen LogP contribution is -2.36. The van der Waals surface area contributed by atoms with Crippen LogP contribution in [-0.4, -0.2) is 55.5 Å². The predicted octanol–water partition coefficient (Wildman–Crippen LogP) is -0.256. The van der Waals surface area contributed by atoms with E-state index in [4.69, 9.17) is 5.73 Å². The highest BCUT2D eigenvalue weighted by atomic mass is 16.2. The van der Waals surface area contributed by atoms with Crippen molar-refractivity contribution in [3.8, 4) is 0 Å². The van der Waals surface area contributed by atoms with Gasteiger partial charge in [-0.15, -0.1) is 0 Å². The first-order valence-electron chi connectivity index (χ1n) is 5.20. The normalized spacial score (nSPS) is 27.4. The molecule has 1 rings (SSSR count). The van der Waals surface area contributed by atoms with Gasteiger partial charge in [0.05, 0.1) is 0 Å². The van der Waals surface area contributed by atoms with Gasteiger partial charge in [0.1, 0.15) is 0 Å². The highest BCUT2D eigenvalue weighted by molar-refractivity contribution is 5.76. The first kappa shape index (κ1) is 11.5. The molecule has 82 valence electrons. The molecule has 0 bridgehead atoms. The molecule has 2 unspecified atom stereocenters. The van der Waals surface area contributed by atoms with Crippen LogP contribution >= 0.6 is 0 Å². The van der Waals surface area contributed by atoms with Crippen molar-refractivity contribution in [3.05, 3.63) is 0 Å². The Morgan fingerprint density at radius 2 is 2.14 bits per heavy atom. The van der Waals surface area contributed by atoms with Crippen LogP contribution in [0, 0.1) is 5.92 Å². The number of rotatable bonds is 3. The lowest BCUT2D eigenvalue weighted by molar-refractivity contribution is -0.130. The molecule has 0 aromatic carbocycles. The van der Waals surface area contributed by atoms with Crippen LogP contribution in [0.3, 0.4) is 0 Å². The van der Waals surface area contributed by atoms with E-state index in [-0.39, 0.29) is 5.91 Å². The van der Waals surface area contributed by atoms with Gasteiger partial charge in [-0.3, -0.25) is 4.79 Å². The Hall–Kier alpha value is -0.610. The molecule has 1 saturated heterocycles. The predicted molar refractivity (Wildman–Crippen MR) is 56.9 cm³/mol. The molecule has 4 nitrogen and oxygen atoms in total. The maximum atomic E-state index is 11.6. The molecule has 14 heavy (non-hydrogen) atoms. The summed E-state index contributed by atoms with van der Waals surface area (Å²) in [5.41, 5.74) is 5.37. The van der Waals surface area contributed by atoms with Crippen LogP contribution in [0.5, 0.6) is 0 Å². The fourth-order valence-corrected chi connectivity index (χ4v) is 2.11. The van der Waals surface area contributed by atoms with E-state index in [9.17, 15) is 4.79 Å². The Labute approximate surface area is 86.0 Å². The molecule has 2 N–H and O–H groups in total. The number of nitrogens with two attached hydrogens (primary N) is 1. The molecule has 4 heteroatoms. The van der Waals surface area contributed by atoms with E-state index in [2.05, 4.69) is 25.9 Å². The van der Waals surface area contributed by atoms with Gasteiger partial charge in [-0.05, 0) is 20.0 Å². The molecule has 0 aromatic heterocycles. The van der Waals surface area contributed by atoms with Crippen molar-refractivity contribution in [2.24, 2.45) is 11.7 Å². The molecule has 1 aliphatic rings. The van der Waals surface area contributed by atoms with E-state index in [1.54, 1.807) is 0 Å². The Kier molecular flexibility index (Phi) is 3.89. The third-order valence-corrected chi connectivity index (χ3v) is 2.95. The van der Waals surface area contributed by atoms with Crippen LogP contribution in [0.25, 0.3) is 0 Å². The standard InChI is InChI=1S/C10H21N3O/c1-8-6-13(10(14)4-5-11)7-9(8)12(2)3/h8-9H,4-7,11H2,1-3H3. The summed E-state index contributed by atoms with van der Waals surface area (Å²) in [4.78, 5) is 15.7. The molecule has 0 saturated carbocycles. The van der Waals surface area contributed by atoms with Crippen LogP contribution < -0.4 is 5.73 Å². The summed E-state index contributed by atoms with van der Waals surface area (Å²) in [5.74, 6) is 0.760. The topological polar surface area (TPSA) is 49.6 Å². The number of carbonyl (C=O) groups is 1. The lowest BCUT2D eigenvalue weighted by Gasteiger charge is -2.22. The van der Waals surface area contributed by atoms with Crippen LogP contribution in [-0.2, 0) is 4.79 Å². The summed E-state index contributed by atoms with van der Waals surface area (Å²) < 4.78 is 0. The Morgan fingerprint density at radius 1 is 1.50 bits per heavy atom. The van der Waals surface area contributed by atoms with Gasteiger partial charge < -0.3 is 15.5 Å². The minimum Gasteiger partial charge on any atom is -0.341 e. The minimum absolute atomic E-state index is 0.198. The largest absolute Gasteiger partial charge is 0.341 e. The molecular formula is C10H21N3O. The summed E-state index contributed by atoms with van der Waals surface area (Å²) in [7, 11) is 4.14. The SMILES string of the molecule is CC1CN(C(=O)CCN)CC1N(C)C. The summed E-state index contributed by atoms with van der Waals surface area (Å²) in [6, 6.07) is 0.497. The first-order chi connectivity index (χ1) is 6.56. The summed E-state index contributed by atoms with van der Waals surface area (Å²) in [5, 5.41) is 0. The zero-order chi connectivity index (χ0) is 10.7. The van der Waals surface area contributed by atoms with Crippen LogP contribution in [0.1, 0.15) is 13.3 Å². The van der Waals surface area contributed by atoms with Crippen molar-refractivity contribution >= 4 is 5.91 Å². The molecule has 0 aromatic rings. The van der Waals surface area contributed by atoms with E-state index in [0.717, 1.165) is 13.1 Å². The minimum atomic E-state index is 0.198. The molecule has 0 spiro atoms. The number of hydrogen-bond donors (Lipinski definition) is 1. The second kappa shape index (κ2) is 4.75. The third kappa shape index (κ3) is 2.45. The molecule has 1 amide bonds. The number of amides is 1. The van der Waals surface area contributed by atoms with Crippen molar-refractivity contribution in [2.75, 3.05) is 33.7 Å². The molecular weight excluding hydrogens is 178 g/mol. The van der Waals surface area contributed by atoms with E-state index >= 15 is 0 Å². The maximum absolute atomic E-state index is 11.6. The van der Waals surface area contributed by atoms with Crippen LogP contribution in [0.4, 0.5) is 0 Å². The Bertz CT molecular complexity index is 206. The van der Waals surface area contributed by atoms with Crippen molar-refractivity contribution in [2.45, 2.75) is 19.4 Å². The maximum Gasteiger partial charge on any atom is 0.223 e. The number of carbonyl (C=O) groups excluding carboxylic acids is 1. The van der Waals surface area contributed by atoms with Gasteiger partial charge in [0, 0.05) is 32.1 Å². The fourth-order valence-electron chi connectivity index (χ4n) is 2.11. The van der Waals surface area contributed by atoms with Gasteiger partial charge in [0.15, 0.2) is 0 Å². The van der Waals surface area contributed by atoms with Crippen LogP contribution in [0.2, 0.25) is 0 Å². The Morgan fingerprint density at radius 3 is 2.57 bits per heavy atom. The number of likely N-dealkylation sites (N-methyl/N-ethyl adjacent to an activating group) is 1. The van der Waals surface area contributed by atoms with Crippen molar-refractivity contribution in [1.82, 2.24) is 9.80 Å². The van der Waals surface area contributed by atoms with E-state index in [1.807, 2.05) is 4.90 Å². The van der Waals surface area contributed by atoms with Crippen molar-refractivity contribution < 1.29 is 4.79 Å². The van der Waals surface area contributed by atoms with E-state index in [1.165, 1.54) is 0 Å². The average molecular weight is 199 g/mol. The van der Waals surface area contributed by atoms with Crippen molar-refractivity contribution in [3.63, 3.8) is 0 Å². The molecule has 0 aliphatic carbocycles. The first-order valence-corrected chi connectivity index (χ1v) is 5.20. The smallest absolute Gasteiger partial charge is 0.223 e. The zero-order valence-corrected chi connectivity index (χ0v) is 9.36. The van der Waals surface area contributed by atoms with Crippen LogP contribution in [0.15, 0.2) is 0 Å². The lowest BCUT2D eigenvalue weighted by atomic mass is 10.1. The van der Waals surface area contributed by atoms with Gasteiger partial charge in [-0.25, -0.2) is 0 Å². The average Bonchev–Trinajstić information content (AvgIpc) is 2.48. The molecule has 0 radical (unpaired) electrons. The number of nitrogens with zero attached hydrogens (tertiary/aromatic N) is 2. The van der Waals surface area contributed by atoms with Gasteiger partial charge in [-0.2, -0.15) is 0 Å².